The average molecular weight is 589 g/mol. The molecule has 0 bridgehead atoms. The molecule has 3 aromatic rings. The first-order chi connectivity index (χ1) is 18.7. The van der Waals surface area contributed by atoms with Crippen LogP contribution in [-0.2, 0) is 37.9 Å². The van der Waals surface area contributed by atoms with E-state index in [1.807, 2.05) is 0 Å². The standard InChI is InChI=1S/C27H34N5O6S2/c1-6-17-39(34,35)31(5)23-14-12-21(13-15-23)19-32(40(36,37)24-10-8-16-28-18-24)20-22-9-7-11-25(29-22)30-26(33)38-27(2,3)4/h7-16,18H,6,17,19-20H2,1-5H3. The second-order valence-corrected chi connectivity index (χ2v) is 14.0. The number of aromatic nitrogens is 2. The van der Waals surface area contributed by atoms with Crippen LogP contribution < -0.4 is 9.62 Å². The van der Waals surface area contributed by atoms with Gasteiger partial charge >= 0.3 is 6.09 Å². The maximum atomic E-state index is 13.6. The number of pyridine rings is 2. The number of nitrogens with zero attached hydrogens (tertiary/aromatic N) is 5. The van der Waals surface area contributed by atoms with Crippen molar-refractivity contribution in [1.82, 2.24) is 19.6 Å². The molecule has 0 N–H and O–H groups in total. The highest BCUT2D eigenvalue weighted by Crippen LogP contribution is 2.23. The lowest BCUT2D eigenvalue weighted by molar-refractivity contribution is 0.0548. The molecular formula is C27H34N5O6S2. The molecule has 0 atom stereocenters. The van der Waals surface area contributed by atoms with E-state index in [1.165, 1.54) is 46.3 Å². The maximum absolute atomic E-state index is 13.6. The van der Waals surface area contributed by atoms with Crippen LogP contribution in [0.3, 0.4) is 0 Å². The largest absolute Gasteiger partial charge is 0.442 e. The summed E-state index contributed by atoms with van der Waals surface area (Å²) >= 11 is 0. The number of hydrogen-bond acceptors (Lipinski definition) is 8. The molecule has 0 aliphatic carbocycles. The number of carbonyl (C=O) groups excluding carboxylic acids is 1. The van der Waals surface area contributed by atoms with Crippen molar-refractivity contribution in [1.29, 1.82) is 0 Å². The SMILES string of the molecule is CCCS(=O)(=O)N(C)c1ccc(CN(Cc2cccc([N]C(=O)OC(C)(C)C)n2)S(=O)(=O)c2cccnc2)cc1. The van der Waals surface area contributed by atoms with Gasteiger partial charge in [-0.2, -0.15) is 9.62 Å². The molecule has 0 aliphatic heterocycles. The Morgan fingerprint density at radius 1 is 0.975 bits per heavy atom. The molecule has 0 saturated heterocycles. The van der Waals surface area contributed by atoms with Crippen LogP contribution in [0.1, 0.15) is 45.4 Å². The highest BCUT2D eigenvalue weighted by atomic mass is 32.2. The van der Waals surface area contributed by atoms with Gasteiger partial charge in [0.25, 0.3) is 0 Å². The summed E-state index contributed by atoms with van der Waals surface area (Å²) in [5, 5.41) is 3.87. The fourth-order valence-corrected chi connectivity index (χ4v) is 6.22. The summed E-state index contributed by atoms with van der Waals surface area (Å²) in [7, 11) is -5.98. The van der Waals surface area contributed by atoms with Crippen LogP contribution in [0.5, 0.6) is 0 Å². The summed E-state index contributed by atoms with van der Waals surface area (Å²) < 4.78 is 59.8. The second kappa shape index (κ2) is 12.7. The second-order valence-electron chi connectivity index (χ2n) is 9.99. The number of amides is 1. The summed E-state index contributed by atoms with van der Waals surface area (Å²) in [4.78, 5) is 20.4. The summed E-state index contributed by atoms with van der Waals surface area (Å²) in [5.74, 6) is 0.112. The van der Waals surface area contributed by atoms with Gasteiger partial charge in [0.2, 0.25) is 20.0 Å². The van der Waals surface area contributed by atoms with Gasteiger partial charge in [-0.3, -0.25) is 9.29 Å². The van der Waals surface area contributed by atoms with Gasteiger partial charge in [-0.15, -0.1) is 0 Å². The molecule has 0 spiro atoms. The van der Waals surface area contributed by atoms with Gasteiger partial charge in [-0.25, -0.2) is 26.6 Å². The first kappa shape index (κ1) is 31.0. The number of hydrogen-bond donors (Lipinski definition) is 0. The number of carbonyl (C=O) groups is 1. The quantitative estimate of drug-likeness (QED) is 0.324. The topological polar surface area (TPSA) is 141 Å². The molecule has 11 nitrogen and oxygen atoms in total. The van der Waals surface area contributed by atoms with Gasteiger partial charge in [0.1, 0.15) is 10.5 Å². The molecule has 2 aromatic heterocycles. The molecular weight excluding hydrogens is 554 g/mol. The van der Waals surface area contributed by atoms with Gasteiger partial charge in [0, 0.05) is 26.0 Å². The highest BCUT2D eigenvalue weighted by molar-refractivity contribution is 7.92. The van der Waals surface area contributed by atoms with E-state index in [-0.39, 0.29) is 29.6 Å². The van der Waals surface area contributed by atoms with Crippen molar-refractivity contribution in [2.45, 2.75) is 57.7 Å². The van der Waals surface area contributed by atoms with E-state index in [0.717, 1.165) is 0 Å². The van der Waals surface area contributed by atoms with Crippen molar-refractivity contribution in [3.05, 3.63) is 78.2 Å². The maximum Gasteiger partial charge on any atom is 0.436 e. The van der Waals surface area contributed by atoms with E-state index in [1.54, 1.807) is 64.1 Å². The number of ether oxygens (including phenoxy) is 1. The zero-order valence-electron chi connectivity index (χ0n) is 23.2. The van der Waals surface area contributed by atoms with Crippen molar-refractivity contribution >= 4 is 37.6 Å². The number of rotatable bonds is 11. The number of benzene rings is 1. The third-order valence-electron chi connectivity index (χ3n) is 5.54. The van der Waals surface area contributed by atoms with E-state index < -0.39 is 31.7 Å². The van der Waals surface area contributed by atoms with Gasteiger partial charge < -0.3 is 4.74 Å². The third kappa shape index (κ3) is 8.47. The zero-order chi connectivity index (χ0) is 29.6. The van der Waals surface area contributed by atoms with Crippen LogP contribution in [0.15, 0.2) is 71.9 Å². The summed E-state index contributed by atoms with van der Waals surface area (Å²) in [6.07, 6.45) is 2.43. The zero-order valence-corrected chi connectivity index (χ0v) is 24.8. The van der Waals surface area contributed by atoms with Crippen LogP contribution in [-0.4, -0.2) is 55.6 Å². The molecule has 215 valence electrons. The Kier molecular flexibility index (Phi) is 9.87. The van der Waals surface area contributed by atoms with E-state index in [9.17, 15) is 21.6 Å². The summed E-state index contributed by atoms with van der Waals surface area (Å²) in [5.41, 5.74) is 0.737. The van der Waals surface area contributed by atoms with Crippen LogP contribution in [0.25, 0.3) is 0 Å². The van der Waals surface area contributed by atoms with Crippen molar-refractivity contribution in [2.75, 3.05) is 17.1 Å². The lowest BCUT2D eigenvalue weighted by atomic mass is 10.2. The Hall–Kier alpha value is -3.55. The monoisotopic (exact) mass is 588 g/mol. The molecule has 1 aromatic carbocycles. The molecule has 0 fully saturated rings. The van der Waals surface area contributed by atoms with Crippen LogP contribution >= 0.6 is 0 Å². The Morgan fingerprint density at radius 3 is 2.27 bits per heavy atom. The van der Waals surface area contributed by atoms with Crippen molar-refractivity contribution in [3.63, 3.8) is 0 Å². The fraction of sp³-hybridized carbons (Fsp3) is 0.370. The molecule has 0 unspecified atom stereocenters. The molecule has 3 rings (SSSR count). The Bertz CT molecular complexity index is 1510. The van der Waals surface area contributed by atoms with Gasteiger partial charge in [0.15, 0.2) is 5.82 Å². The van der Waals surface area contributed by atoms with Crippen molar-refractivity contribution < 1.29 is 26.4 Å². The fourth-order valence-electron chi connectivity index (χ4n) is 3.62. The predicted molar refractivity (Wildman–Crippen MR) is 152 cm³/mol. The van der Waals surface area contributed by atoms with E-state index >= 15 is 0 Å². The normalized spacial score (nSPS) is 12.2. The smallest absolute Gasteiger partial charge is 0.436 e. The molecule has 40 heavy (non-hydrogen) atoms. The Labute approximate surface area is 236 Å². The molecule has 1 amide bonds. The van der Waals surface area contributed by atoms with Crippen LogP contribution in [0.4, 0.5) is 16.3 Å². The summed E-state index contributed by atoms with van der Waals surface area (Å²) in [6.45, 7) is 6.81. The average Bonchev–Trinajstić information content (AvgIpc) is 2.88. The predicted octanol–water partition coefficient (Wildman–Crippen LogP) is 4.21. The molecule has 0 aliphatic rings. The van der Waals surface area contributed by atoms with E-state index in [2.05, 4.69) is 15.3 Å². The van der Waals surface area contributed by atoms with Crippen molar-refractivity contribution in [3.8, 4) is 0 Å². The van der Waals surface area contributed by atoms with Gasteiger partial charge in [-0.05, 0) is 69.2 Å². The molecule has 2 heterocycles. The van der Waals surface area contributed by atoms with E-state index in [0.29, 0.717) is 23.4 Å². The molecule has 1 radical (unpaired) electrons. The third-order valence-corrected chi connectivity index (χ3v) is 9.28. The highest BCUT2D eigenvalue weighted by Gasteiger charge is 2.26. The minimum absolute atomic E-state index is 0.00612. The Balaban J connectivity index is 1.88. The lowest BCUT2D eigenvalue weighted by Gasteiger charge is -2.23. The lowest BCUT2D eigenvalue weighted by Crippen LogP contribution is -2.31. The van der Waals surface area contributed by atoms with Gasteiger partial charge in [0.05, 0.1) is 23.7 Å². The summed E-state index contributed by atoms with van der Waals surface area (Å²) in [6, 6.07) is 14.4. The van der Waals surface area contributed by atoms with E-state index in [4.69, 9.17) is 4.74 Å². The van der Waals surface area contributed by atoms with Gasteiger partial charge in [-0.1, -0.05) is 25.1 Å². The Morgan fingerprint density at radius 2 is 1.68 bits per heavy atom. The van der Waals surface area contributed by atoms with Crippen molar-refractivity contribution in [2.24, 2.45) is 0 Å². The number of sulfonamides is 2. The first-order valence-electron chi connectivity index (χ1n) is 12.6. The number of anilines is 1. The minimum atomic E-state index is -4.01. The van der Waals surface area contributed by atoms with Crippen LogP contribution in [0.2, 0.25) is 0 Å². The molecule has 0 saturated carbocycles. The first-order valence-corrected chi connectivity index (χ1v) is 15.6. The molecule has 13 heteroatoms. The van der Waals surface area contributed by atoms with Crippen LogP contribution in [0, 0.1) is 0 Å². The minimum Gasteiger partial charge on any atom is -0.442 e.